The molecular weight excluding hydrogens is 290 g/mol. The quantitative estimate of drug-likeness (QED) is 0.908. The third-order valence-electron chi connectivity index (χ3n) is 5.29. The molecule has 1 aromatic carbocycles. The molecule has 23 heavy (non-hydrogen) atoms. The Balaban J connectivity index is 1.57. The number of nitrogens with zero attached hydrogens (tertiary/aromatic N) is 1. The van der Waals surface area contributed by atoms with Crippen molar-refractivity contribution < 1.29 is 14.7 Å². The maximum atomic E-state index is 12.7. The van der Waals surface area contributed by atoms with E-state index in [1.807, 2.05) is 17.0 Å². The Hall–Kier alpha value is -1.84. The average molecular weight is 315 g/mol. The first kappa shape index (κ1) is 16.0. The highest BCUT2D eigenvalue weighted by Crippen LogP contribution is 2.49. The second-order valence-corrected chi connectivity index (χ2v) is 7.03. The molecule has 1 aliphatic carbocycles. The van der Waals surface area contributed by atoms with E-state index in [-0.39, 0.29) is 18.2 Å². The van der Waals surface area contributed by atoms with Crippen LogP contribution in [0.4, 0.5) is 0 Å². The Bertz CT molecular complexity index is 598. The number of likely N-dealkylation sites (tertiary alicyclic amines) is 1. The van der Waals surface area contributed by atoms with Gasteiger partial charge in [-0.05, 0) is 55.6 Å². The number of piperidine rings is 1. The number of carbonyl (C=O) groups excluding carboxylic acids is 1. The number of benzene rings is 1. The normalized spacial score (nSPS) is 26.8. The summed E-state index contributed by atoms with van der Waals surface area (Å²) < 4.78 is 0. The molecule has 1 amide bonds. The van der Waals surface area contributed by atoms with Crippen LogP contribution in [0.1, 0.15) is 49.1 Å². The SMILES string of the molecule is Cc1ccccc1[C@@H]1C[C@@H]1C(=O)N1CCC[C@@H](CCC(=O)O)C1. The summed E-state index contributed by atoms with van der Waals surface area (Å²) in [5.41, 5.74) is 2.58. The van der Waals surface area contributed by atoms with Crippen LogP contribution in [0.3, 0.4) is 0 Å². The third kappa shape index (κ3) is 3.74. The predicted octanol–water partition coefficient (Wildman–Crippen LogP) is 3.20. The fraction of sp³-hybridized carbons (Fsp3) is 0.579. The van der Waals surface area contributed by atoms with E-state index in [0.717, 1.165) is 32.4 Å². The zero-order valence-corrected chi connectivity index (χ0v) is 13.7. The summed E-state index contributed by atoms with van der Waals surface area (Å²) in [6.45, 7) is 3.68. The van der Waals surface area contributed by atoms with Crippen molar-refractivity contribution in [3.63, 3.8) is 0 Å². The monoisotopic (exact) mass is 315 g/mol. The van der Waals surface area contributed by atoms with E-state index in [0.29, 0.717) is 18.3 Å². The maximum absolute atomic E-state index is 12.7. The van der Waals surface area contributed by atoms with E-state index < -0.39 is 5.97 Å². The molecule has 2 aliphatic rings. The molecule has 4 heteroatoms. The van der Waals surface area contributed by atoms with Crippen LogP contribution >= 0.6 is 0 Å². The van der Waals surface area contributed by atoms with Crippen LogP contribution in [0.15, 0.2) is 24.3 Å². The number of aliphatic carboxylic acids is 1. The molecule has 4 nitrogen and oxygen atoms in total. The highest BCUT2D eigenvalue weighted by molar-refractivity contribution is 5.83. The van der Waals surface area contributed by atoms with Gasteiger partial charge in [0, 0.05) is 25.4 Å². The summed E-state index contributed by atoms with van der Waals surface area (Å²) in [5.74, 6) is 0.394. The summed E-state index contributed by atoms with van der Waals surface area (Å²) in [6.07, 6.45) is 3.90. The summed E-state index contributed by atoms with van der Waals surface area (Å²) in [5, 5.41) is 8.82. The molecule has 1 saturated heterocycles. The largest absolute Gasteiger partial charge is 0.481 e. The average Bonchev–Trinajstić information content (AvgIpc) is 3.33. The Morgan fingerprint density at radius 1 is 1.30 bits per heavy atom. The number of hydrogen-bond acceptors (Lipinski definition) is 2. The van der Waals surface area contributed by atoms with Crippen molar-refractivity contribution in [2.75, 3.05) is 13.1 Å². The molecule has 1 saturated carbocycles. The fourth-order valence-corrected chi connectivity index (χ4v) is 3.88. The number of amides is 1. The van der Waals surface area contributed by atoms with Crippen molar-refractivity contribution in [3.05, 3.63) is 35.4 Å². The van der Waals surface area contributed by atoms with Crippen LogP contribution in [-0.4, -0.2) is 35.0 Å². The van der Waals surface area contributed by atoms with Crippen molar-refractivity contribution in [2.45, 2.75) is 44.9 Å². The minimum atomic E-state index is -0.741. The molecule has 1 heterocycles. The van der Waals surface area contributed by atoms with Gasteiger partial charge in [0.15, 0.2) is 0 Å². The number of carboxylic acids is 1. The number of aryl methyl sites for hydroxylation is 1. The van der Waals surface area contributed by atoms with Crippen molar-refractivity contribution in [1.29, 1.82) is 0 Å². The zero-order chi connectivity index (χ0) is 16.4. The molecule has 0 radical (unpaired) electrons. The molecule has 0 spiro atoms. The van der Waals surface area contributed by atoms with Gasteiger partial charge in [0.05, 0.1) is 0 Å². The molecule has 0 bridgehead atoms. The lowest BCUT2D eigenvalue weighted by molar-refractivity contribution is -0.137. The molecule has 2 fully saturated rings. The minimum absolute atomic E-state index is 0.134. The van der Waals surface area contributed by atoms with Gasteiger partial charge in [0.1, 0.15) is 0 Å². The Kier molecular flexibility index (Phi) is 4.69. The first-order chi connectivity index (χ1) is 11.1. The predicted molar refractivity (Wildman–Crippen MR) is 88.2 cm³/mol. The molecule has 3 atom stereocenters. The van der Waals surface area contributed by atoms with Crippen molar-refractivity contribution in [3.8, 4) is 0 Å². The van der Waals surface area contributed by atoms with Gasteiger partial charge in [-0.15, -0.1) is 0 Å². The van der Waals surface area contributed by atoms with Crippen molar-refractivity contribution in [2.24, 2.45) is 11.8 Å². The molecule has 1 aliphatic heterocycles. The van der Waals surface area contributed by atoms with Gasteiger partial charge in [-0.2, -0.15) is 0 Å². The van der Waals surface area contributed by atoms with Crippen LogP contribution in [0, 0.1) is 18.8 Å². The van der Waals surface area contributed by atoms with E-state index in [4.69, 9.17) is 5.11 Å². The number of carbonyl (C=O) groups is 2. The van der Waals surface area contributed by atoms with E-state index >= 15 is 0 Å². The molecule has 1 aromatic rings. The highest BCUT2D eigenvalue weighted by Gasteiger charge is 2.46. The van der Waals surface area contributed by atoms with E-state index in [2.05, 4.69) is 19.1 Å². The number of carboxylic acid groups (broad SMARTS) is 1. The Morgan fingerprint density at radius 3 is 2.83 bits per heavy atom. The lowest BCUT2D eigenvalue weighted by Gasteiger charge is -2.33. The van der Waals surface area contributed by atoms with Gasteiger partial charge in [-0.25, -0.2) is 0 Å². The topological polar surface area (TPSA) is 57.6 Å². The lowest BCUT2D eigenvalue weighted by atomic mass is 9.93. The van der Waals surface area contributed by atoms with Gasteiger partial charge in [0.2, 0.25) is 5.91 Å². The van der Waals surface area contributed by atoms with Crippen LogP contribution in [0.25, 0.3) is 0 Å². The van der Waals surface area contributed by atoms with Crippen LogP contribution < -0.4 is 0 Å². The fourth-order valence-electron chi connectivity index (χ4n) is 3.88. The second kappa shape index (κ2) is 6.73. The van der Waals surface area contributed by atoms with Crippen LogP contribution in [0.2, 0.25) is 0 Å². The highest BCUT2D eigenvalue weighted by atomic mass is 16.4. The van der Waals surface area contributed by atoms with Crippen molar-refractivity contribution >= 4 is 11.9 Å². The van der Waals surface area contributed by atoms with Gasteiger partial charge in [-0.1, -0.05) is 24.3 Å². The van der Waals surface area contributed by atoms with Crippen LogP contribution in [-0.2, 0) is 9.59 Å². The number of hydrogen-bond donors (Lipinski definition) is 1. The third-order valence-corrected chi connectivity index (χ3v) is 5.29. The van der Waals surface area contributed by atoms with Crippen molar-refractivity contribution in [1.82, 2.24) is 4.90 Å². The smallest absolute Gasteiger partial charge is 0.303 e. The van der Waals surface area contributed by atoms with E-state index in [1.54, 1.807) is 0 Å². The molecular formula is C19H25NO3. The van der Waals surface area contributed by atoms with Gasteiger partial charge < -0.3 is 10.0 Å². The lowest BCUT2D eigenvalue weighted by Crippen LogP contribution is -2.41. The van der Waals surface area contributed by atoms with Gasteiger partial charge in [-0.3, -0.25) is 9.59 Å². The standard InChI is InChI=1S/C19H25NO3/c1-13-5-2-3-7-15(13)16-11-17(16)19(23)20-10-4-6-14(12-20)8-9-18(21)22/h2-3,5,7,14,16-17H,4,6,8-12H2,1H3,(H,21,22)/t14-,16-,17-/m0/s1. The number of rotatable bonds is 5. The summed E-state index contributed by atoms with van der Waals surface area (Å²) in [7, 11) is 0. The maximum Gasteiger partial charge on any atom is 0.303 e. The molecule has 1 N–H and O–H groups in total. The zero-order valence-electron chi connectivity index (χ0n) is 13.7. The minimum Gasteiger partial charge on any atom is -0.481 e. The summed E-state index contributed by atoms with van der Waals surface area (Å²) in [4.78, 5) is 25.5. The molecule has 0 aromatic heterocycles. The Labute approximate surface area is 137 Å². The van der Waals surface area contributed by atoms with Crippen LogP contribution in [0.5, 0.6) is 0 Å². The van der Waals surface area contributed by atoms with E-state index in [9.17, 15) is 9.59 Å². The molecule has 3 rings (SSSR count). The van der Waals surface area contributed by atoms with E-state index in [1.165, 1.54) is 11.1 Å². The molecule has 124 valence electrons. The first-order valence-electron chi connectivity index (χ1n) is 8.62. The first-order valence-corrected chi connectivity index (χ1v) is 8.62. The summed E-state index contributed by atoms with van der Waals surface area (Å²) in [6, 6.07) is 8.33. The molecule has 0 unspecified atom stereocenters. The second-order valence-electron chi connectivity index (χ2n) is 7.03. The summed E-state index contributed by atoms with van der Waals surface area (Å²) >= 11 is 0. The Morgan fingerprint density at radius 2 is 2.09 bits per heavy atom. The van der Waals surface area contributed by atoms with Gasteiger partial charge in [0.25, 0.3) is 0 Å². The van der Waals surface area contributed by atoms with Gasteiger partial charge >= 0.3 is 5.97 Å².